The number of allylic oxidation sites excluding steroid dienone is 2. The molecule has 1 heterocycles. The molecule has 8 nitrogen and oxygen atoms in total. The van der Waals surface area contributed by atoms with Crippen molar-refractivity contribution in [2.24, 2.45) is 28.7 Å². The second-order valence-electron chi connectivity index (χ2n) is 8.51. The van der Waals surface area contributed by atoms with E-state index in [1.165, 1.54) is 4.90 Å². The number of benzene rings is 1. The third kappa shape index (κ3) is 5.23. The van der Waals surface area contributed by atoms with Gasteiger partial charge >= 0.3 is 0 Å². The van der Waals surface area contributed by atoms with Crippen LogP contribution in [0, 0.1) is 23.7 Å². The van der Waals surface area contributed by atoms with Gasteiger partial charge < -0.3 is 16.0 Å². The molecule has 1 aliphatic heterocycles. The van der Waals surface area contributed by atoms with Crippen LogP contribution < -0.4 is 16.0 Å². The summed E-state index contributed by atoms with van der Waals surface area (Å²) in [6.45, 7) is 6.30. The van der Waals surface area contributed by atoms with E-state index in [4.69, 9.17) is 0 Å². The molecular formula is C24H32IN5O3. The van der Waals surface area contributed by atoms with E-state index >= 15 is 0 Å². The highest BCUT2D eigenvalue weighted by Crippen LogP contribution is 2.52. The zero-order chi connectivity index (χ0) is 22.7. The van der Waals surface area contributed by atoms with Crippen molar-refractivity contribution in [2.75, 3.05) is 26.2 Å². The Bertz CT molecular complexity index is 933. The lowest BCUT2D eigenvalue weighted by atomic mass is 9.85. The van der Waals surface area contributed by atoms with Crippen LogP contribution in [-0.2, 0) is 16.1 Å². The summed E-state index contributed by atoms with van der Waals surface area (Å²) in [5.41, 5.74) is 1.53. The Morgan fingerprint density at radius 1 is 1.03 bits per heavy atom. The van der Waals surface area contributed by atoms with Crippen LogP contribution in [0.2, 0.25) is 0 Å². The molecule has 1 aromatic carbocycles. The Hall–Kier alpha value is -2.43. The van der Waals surface area contributed by atoms with Gasteiger partial charge in [-0.1, -0.05) is 24.3 Å². The first-order chi connectivity index (χ1) is 15.5. The van der Waals surface area contributed by atoms with E-state index < -0.39 is 0 Å². The van der Waals surface area contributed by atoms with Crippen LogP contribution in [-0.4, -0.2) is 54.8 Å². The minimum atomic E-state index is -0.156. The molecule has 33 heavy (non-hydrogen) atoms. The molecule has 0 radical (unpaired) electrons. The minimum Gasteiger partial charge on any atom is -0.357 e. The molecule has 0 spiro atoms. The number of nitrogens with one attached hydrogen (secondary N) is 3. The summed E-state index contributed by atoms with van der Waals surface area (Å²) in [5.74, 6) is 0.606. The number of hydrogen-bond donors (Lipinski definition) is 3. The van der Waals surface area contributed by atoms with Crippen LogP contribution in [0.5, 0.6) is 0 Å². The molecule has 2 fully saturated rings. The quantitative estimate of drug-likeness (QED) is 0.147. The molecular weight excluding hydrogens is 533 g/mol. The van der Waals surface area contributed by atoms with Crippen LogP contribution in [0.3, 0.4) is 0 Å². The third-order valence-corrected chi connectivity index (χ3v) is 6.48. The highest BCUT2D eigenvalue weighted by molar-refractivity contribution is 14.0. The molecule has 2 bridgehead atoms. The van der Waals surface area contributed by atoms with E-state index in [0.29, 0.717) is 44.2 Å². The predicted molar refractivity (Wildman–Crippen MR) is 137 cm³/mol. The SMILES string of the molecule is CCNC(=O)c1cccc(CN=C(NCC)NCCN2C(=O)C3C4C=CC(C4)C3C2=O)c1.I. The predicted octanol–water partition coefficient (Wildman–Crippen LogP) is 1.92. The van der Waals surface area contributed by atoms with Gasteiger partial charge in [0.05, 0.1) is 18.4 Å². The lowest BCUT2D eigenvalue weighted by molar-refractivity contribution is -0.140. The monoisotopic (exact) mass is 565 g/mol. The molecule has 0 aromatic heterocycles. The lowest BCUT2D eigenvalue weighted by Gasteiger charge is -2.18. The number of hydrogen-bond acceptors (Lipinski definition) is 4. The number of rotatable bonds is 8. The van der Waals surface area contributed by atoms with Gasteiger partial charge in [-0.2, -0.15) is 0 Å². The van der Waals surface area contributed by atoms with Gasteiger partial charge in [-0.3, -0.25) is 19.3 Å². The maximum atomic E-state index is 12.8. The van der Waals surface area contributed by atoms with Gasteiger partial charge in [0.1, 0.15) is 0 Å². The lowest BCUT2D eigenvalue weighted by Crippen LogP contribution is -2.43. The molecule has 4 unspecified atom stereocenters. The fourth-order valence-electron chi connectivity index (χ4n) is 5.06. The first-order valence-corrected chi connectivity index (χ1v) is 11.5. The van der Waals surface area contributed by atoms with E-state index in [9.17, 15) is 14.4 Å². The van der Waals surface area contributed by atoms with Crippen molar-refractivity contribution >= 4 is 47.7 Å². The van der Waals surface area contributed by atoms with E-state index in [2.05, 4.69) is 33.1 Å². The molecule has 4 rings (SSSR count). The molecule has 1 aromatic rings. The number of aliphatic imine (C=N–C) groups is 1. The number of fused-ring (bicyclic) bond motifs is 5. The van der Waals surface area contributed by atoms with E-state index in [-0.39, 0.29) is 65.4 Å². The van der Waals surface area contributed by atoms with Crippen molar-refractivity contribution in [3.05, 3.63) is 47.5 Å². The van der Waals surface area contributed by atoms with E-state index in [1.54, 1.807) is 6.07 Å². The van der Waals surface area contributed by atoms with Crippen LogP contribution in [0.4, 0.5) is 0 Å². The second kappa shape index (κ2) is 11.1. The summed E-state index contributed by atoms with van der Waals surface area (Å²) in [5, 5.41) is 9.20. The van der Waals surface area contributed by atoms with Gasteiger partial charge in [0.25, 0.3) is 5.91 Å². The topological polar surface area (TPSA) is 103 Å². The number of carbonyl (C=O) groups excluding carboxylic acids is 3. The minimum absolute atomic E-state index is 0. The van der Waals surface area contributed by atoms with Crippen LogP contribution in [0.15, 0.2) is 41.4 Å². The fraction of sp³-hybridized carbons (Fsp3) is 0.500. The fourth-order valence-corrected chi connectivity index (χ4v) is 5.06. The Balaban J connectivity index is 0.00000306. The average molecular weight is 565 g/mol. The largest absolute Gasteiger partial charge is 0.357 e. The van der Waals surface area contributed by atoms with Gasteiger partial charge in [0, 0.05) is 31.7 Å². The molecule has 9 heteroatoms. The van der Waals surface area contributed by atoms with E-state index in [1.807, 2.05) is 32.0 Å². The van der Waals surface area contributed by atoms with Gasteiger partial charge in [0.15, 0.2) is 5.96 Å². The van der Waals surface area contributed by atoms with Crippen LogP contribution >= 0.6 is 24.0 Å². The number of carbonyl (C=O) groups is 3. The van der Waals surface area contributed by atoms with Gasteiger partial charge in [0.2, 0.25) is 11.8 Å². The molecule has 3 N–H and O–H groups in total. The summed E-state index contributed by atoms with van der Waals surface area (Å²) < 4.78 is 0. The first kappa shape index (κ1) is 25.2. The summed E-state index contributed by atoms with van der Waals surface area (Å²) in [6.07, 6.45) is 5.16. The van der Waals surface area contributed by atoms with Crippen molar-refractivity contribution in [3.63, 3.8) is 0 Å². The number of amides is 3. The molecule has 3 aliphatic rings. The van der Waals surface area contributed by atoms with Crippen molar-refractivity contribution in [1.29, 1.82) is 0 Å². The van der Waals surface area contributed by atoms with Crippen molar-refractivity contribution in [1.82, 2.24) is 20.9 Å². The molecule has 3 amide bonds. The number of nitrogens with zero attached hydrogens (tertiary/aromatic N) is 2. The second-order valence-corrected chi connectivity index (χ2v) is 8.51. The number of likely N-dealkylation sites (tertiary alicyclic amines) is 1. The highest BCUT2D eigenvalue weighted by atomic mass is 127. The van der Waals surface area contributed by atoms with Crippen molar-refractivity contribution < 1.29 is 14.4 Å². The summed E-state index contributed by atoms with van der Waals surface area (Å²) in [6, 6.07) is 7.39. The molecule has 1 saturated heterocycles. The first-order valence-electron chi connectivity index (χ1n) is 11.5. The zero-order valence-electron chi connectivity index (χ0n) is 19.0. The average Bonchev–Trinajstić information content (AvgIpc) is 3.47. The molecule has 178 valence electrons. The molecule has 4 atom stereocenters. The Labute approximate surface area is 211 Å². The smallest absolute Gasteiger partial charge is 0.251 e. The number of guanidine groups is 1. The van der Waals surface area contributed by atoms with E-state index in [0.717, 1.165) is 12.0 Å². The normalized spacial score (nSPS) is 25.2. The standard InChI is InChI=1S/C24H31N5O3.HI/c1-3-25-21(30)18-7-5-6-15(12-18)14-28-24(26-4-2)27-10-11-29-22(31)19-16-8-9-17(13-16)20(19)23(29)32;/h5-9,12,16-17,19-20H,3-4,10-11,13-14H2,1-2H3,(H,25,30)(H2,26,27,28);1H. The maximum Gasteiger partial charge on any atom is 0.251 e. The summed E-state index contributed by atoms with van der Waals surface area (Å²) >= 11 is 0. The Morgan fingerprint density at radius 2 is 1.70 bits per heavy atom. The number of imide groups is 1. The third-order valence-electron chi connectivity index (χ3n) is 6.48. The van der Waals surface area contributed by atoms with Gasteiger partial charge in [-0.15, -0.1) is 24.0 Å². The Morgan fingerprint density at radius 3 is 2.33 bits per heavy atom. The molecule has 1 saturated carbocycles. The van der Waals surface area contributed by atoms with Crippen molar-refractivity contribution in [2.45, 2.75) is 26.8 Å². The van der Waals surface area contributed by atoms with Crippen LogP contribution in [0.25, 0.3) is 0 Å². The highest BCUT2D eigenvalue weighted by Gasteiger charge is 2.58. The van der Waals surface area contributed by atoms with Gasteiger partial charge in [-0.05, 0) is 49.8 Å². The van der Waals surface area contributed by atoms with Crippen molar-refractivity contribution in [3.8, 4) is 0 Å². The Kier molecular flexibility index (Phi) is 8.50. The number of halogens is 1. The maximum absolute atomic E-state index is 12.8. The molecule has 2 aliphatic carbocycles. The summed E-state index contributed by atoms with van der Waals surface area (Å²) in [7, 11) is 0. The van der Waals surface area contributed by atoms with Crippen LogP contribution in [0.1, 0.15) is 36.2 Å². The zero-order valence-corrected chi connectivity index (χ0v) is 21.4. The van der Waals surface area contributed by atoms with Gasteiger partial charge in [-0.25, -0.2) is 4.99 Å². The summed E-state index contributed by atoms with van der Waals surface area (Å²) in [4.78, 5) is 43.6.